The third-order valence-electron chi connectivity index (χ3n) is 5.15. The summed E-state index contributed by atoms with van der Waals surface area (Å²) in [6.07, 6.45) is 7.27. The Balaban J connectivity index is 1.58. The molecule has 0 bridgehead atoms. The van der Waals surface area contributed by atoms with Crippen molar-refractivity contribution in [2.75, 3.05) is 14.2 Å². The fraction of sp³-hybridized carbons (Fsp3) is 0.250. The van der Waals surface area contributed by atoms with Crippen molar-refractivity contribution in [3.8, 4) is 23.1 Å². The van der Waals surface area contributed by atoms with Crippen LogP contribution in [0.3, 0.4) is 0 Å². The lowest BCUT2D eigenvalue weighted by atomic mass is 10.1. The topological polar surface area (TPSA) is 87.3 Å². The van der Waals surface area contributed by atoms with Crippen LogP contribution in [-0.4, -0.2) is 43.8 Å². The summed E-state index contributed by atoms with van der Waals surface area (Å²) in [5.74, 6) is -0.0385. The molecule has 1 saturated carbocycles. The van der Waals surface area contributed by atoms with E-state index in [9.17, 15) is 4.39 Å². The molecular weight excluding hydrogens is 411 g/mol. The van der Waals surface area contributed by atoms with Crippen LogP contribution in [0, 0.1) is 5.82 Å². The first-order valence-electron chi connectivity index (χ1n) is 9.19. The molecule has 0 aliphatic heterocycles. The summed E-state index contributed by atoms with van der Waals surface area (Å²) in [5, 5.41) is 4.89. The molecule has 10 heteroatoms. The Labute approximate surface area is 175 Å². The van der Waals surface area contributed by atoms with E-state index in [4.69, 9.17) is 21.1 Å². The maximum absolute atomic E-state index is 14.4. The Bertz CT molecular complexity index is 1260. The Morgan fingerprint density at radius 3 is 2.73 bits per heavy atom. The van der Waals surface area contributed by atoms with Crippen molar-refractivity contribution < 1.29 is 13.9 Å². The van der Waals surface area contributed by atoms with Gasteiger partial charge in [-0.2, -0.15) is 10.1 Å². The minimum atomic E-state index is -0.395. The summed E-state index contributed by atoms with van der Waals surface area (Å²) >= 11 is 5.84. The van der Waals surface area contributed by atoms with Gasteiger partial charge in [0.2, 0.25) is 5.88 Å². The van der Waals surface area contributed by atoms with Crippen LogP contribution in [0.4, 0.5) is 4.39 Å². The molecular formula is C20H16ClFN6O2. The second-order valence-corrected chi connectivity index (χ2v) is 7.37. The normalized spacial score (nSPS) is 17.9. The lowest BCUT2D eigenvalue weighted by Gasteiger charge is -2.10. The van der Waals surface area contributed by atoms with Gasteiger partial charge in [0.15, 0.2) is 5.65 Å². The highest BCUT2D eigenvalue weighted by Gasteiger charge is 2.44. The number of aromatic nitrogens is 6. The number of hydrogen-bond donors (Lipinski definition) is 0. The third kappa shape index (κ3) is 3.11. The van der Waals surface area contributed by atoms with Crippen LogP contribution in [0.5, 0.6) is 11.9 Å². The van der Waals surface area contributed by atoms with Gasteiger partial charge in [-0.3, -0.25) is 4.98 Å². The predicted octanol–water partition coefficient (Wildman–Crippen LogP) is 3.66. The molecule has 4 heterocycles. The third-order valence-corrected chi connectivity index (χ3v) is 5.36. The van der Waals surface area contributed by atoms with Gasteiger partial charge < -0.3 is 9.47 Å². The fourth-order valence-corrected chi connectivity index (χ4v) is 3.81. The van der Waals surface area contributed by atoms with Gasteiger partial charge in [0.1, 0.15) is 5.82 Å². The molecule has 0 spiro atoms. The molecule has 8 nitrogen and oxygen atoms in total. The Morgan fingerprint density at radius 2 is 1.97 bits per heavy atom. The Kier molecular flexibility index (Phi) is 4.47. The number of nitrogens with zero attached hydrogens (tertiary/aromatic N) is 6. The van der Waals surface area contributed by atoms with Crippen LogP contribution in [0.15, 0.2) is 36.9 Å². The minimum absolute atomic E-state index is 0.0490. The van der Waals surface area contributed by atoms with Gasteiger partial charge in [0, 0.05) is 36.3 Å². The quantitative estimate of drug-likeness (QED) is 0.481. The zero-order valence-corrected chi connectivity index (χ0v) is 16.8. The standard InChI is InChI=1S/C20H16ClFN6O2/c1-29-19-14(9-25-20(26-19)30-2)16-7-13(18-23-3-4-28(18)27-16)11-6-12(11)17-15(22)5-10(21)8-24-17/h3-5,7-9,11-12H,6H2,1-2H3/t11-,12-/m0/s1. The first-order chi connectivity index (χ1) is 14.6. The summed E-state index contributed by atoms with van der Waals surface area (Å²) in [6, 6.07) is 3.42. The molecule has 0 radical (unpaired) electrons. The molecule has 0 N–H and O–H groups in total. The van der Waals surface area contributed by atoms with Gasteiger partial charge in [-0.15, -0.1) is 0 Å². The molecule has 0 aromatic carbocycles. The number of hydrogen-bond acceptors (Lipinski definition) is 7. The van der Waals surface area contributed by atoms with Crippen LogP contribution in [0.25, 0.3) is 16.9 Å². The van der Waals surface area contributed by atoms with E-state index in [1.54, 1.807) is 23.1 Å². The fourth-order valence-electron chi connectivity index (χ4n) is 3.67. The molecule has 0 saturated heterocycles. The molecule has 4 aromatic heterocycles. The molecule has 1 fully saturated rings. The van der Waals surface area contributed by atoms with Crippen molar-refractivity contribution in [1.82, 2.24) is 29.5 Å². The molecule has 0 unspecified atom stereocenters. The minimum Gasteiger partial charge on any atom is -0.480 e. The number of ether oxygens (including phenoxy) is 2. The number of rotatable bonds is 5. The first-order valence-corrected chi connectivity index (χ1v) is 9.57. The van der Waals surface area contributed by atoms with E-state index < -0.39 is 5.82 Å². The number of pyridine rings is 1. The van der Waals surface area contributed by atoms with E-state index >= 15 is 0 Å². The van der Waals surface area contributed by atoms with E-state index in [2.05, 4.69) is 25.0 Å². The predicted molar refractivity (Wildman–Crippen MR) is 106 cm³/mol. The summed E-state index contributed by atoms with van der Waals surface area (Å²) < 4.78 is 26.5. The molecule has 4 aromatic rings. The summed E-state index contributed by atoms with van der Waals surface area (Å²) in [5.41, 5.74) is 3.31. The number of fused-ring (bicyclic) bond motifs is 1. The van der Waals surface area contributed by atoms with E-state index in [0.29, 0.717) is 28.5 Å². The zero-order valence-electron chi connectivity index (χ0n) is 16.1. The molecule has 0 amide bonds. The van der Waals surface area contributed by atoms with E-state index in [0.717, 1.165) is 12.0 Å². The summed E-state index contributed by atoms with van der Waals surface area (Å²) in [6.45, 7) is 0. The number of imidazole rings is 1. The molecule has 2 atom stereocenters. The first kappa shape index (κ1) is 18.7. The van der Waals surface area contributed by atoms with Crippen molar-refractivity contribution in [1.29, 1.82) is 0 Å². The van der Waals surface area contributed by atoms with E-state index in [1.807, 2.05) is 6.07 Å². The highest BCUT2D eigenvalue weighted by Crippen LogP contribution is 2.55. The van der Waals surface area contributed by atoms with Gasteiger partial charge >= 0.3 is 6.01 Å². The van der Waals surface area contributed by atoms with Gasteiger partial charge in [-0.05, 0) is 24.5 Å². The number of halogens is 2. The second kappa shape index (κ2) is 7.17. The highest BCUT2D eigenvalue weighted by molar-refractivity contribution is 6.30. The average Bonchev–Trinajstić information content (AvgIpc) is 3.39. The van der Waals surface area contributed by atoms with Crippen LogP contribution in [-0.2, 0) is 0 Å². The van der Waals surface area contributed by atoms with Crippen molar-refractivity contribution >= 4 is 17.2 Å². The maximum atomic E-state index is 14.4. The van der Waals surface area contributed by atoms with Crippen LogP contribution >= 0.6 is 11.6 Å². The van der Waals surface area contributed by atoms with Crippen molar-refractivity contribution in [2.24, 2.45) is 0 Å². The summed E-state index contributed by atoms with van der Waals surface area (Å²) in [7, 11) is 3.01. The van der Waals surface area contributed by atoms with Crippen LogP contribution in [0.2, 0.25) is 5.02 Å². The Hall–Kier alpha value is -3.33. The smallest absolute Gasteiger partial charge is 0.319 e. The molecule has 5 rings (SSSR count). The van der Waals surface area contributed by atoms with Gasteiger partial charge in [-0.1, -0.05) is 11.6 Å². The maximum Gasteiger partial charge on any atom is 0.319 e. The lowest BCUT2D eigenvalue weighted by molar-refractivity contribution is 0.353. The van der Waals surface area contributed by atoms with Gasteiger partial charge in [0.25, 0.3) is 0 Å². The Morgan fingerprint density at radius 1 is 1.10 bits per heavy atom. The second-order valence-electron chi connectivity index (χ2n) is 6.93. The molecule has 30 heavy (non-hydrogen) atoms. The highest BCUT2D eigenvalue weighted by atomic mass is 35.5. The van der Waals surface area contributed by atoms with E-state index in [-0.39, 0.29) is 22.9 Å². The molecule has 152 valence electrons. The van der Waals surface area contributed by atoms with Crippen molar-refractivity contribution in [3.63, 3.8) is 0 Å². The molecule has 1 aliphatic carbocycles. The van der Waals surface area contributed by atoms with E-state index in [1.165, 1.54) is 26.5 Å². The van der Waals surface area contributed by atoms with Gasteiger partial charge in [0.05, 0.1) is 36.2 Å². The lowest BCUT2D eigenvalue weighted by Crippen LogP contribution is -2.03. The largest absolute Gasteiger partial charge is 0.480 e. The van der Waals surface area contributed by atoms with Crippen molar-refractivity contribution in [3.05, 3.63) is 59.0 Å². The van der Waals surface area contributed by atoms with Crippen molar-refractivity contribution in [2.45, 2.75) is 18.3 Å². The average molecular weight is 427 g/mol. The monoisotopic (exact) mass is 426 g/mol. The zero-order chi connectivity index (χ0) is 20.8. The van der Waals surface area contributed by atoms with Crippen LogP contribution < -0.4 is 9.47 Å². The SMILES string of the molecule is COc1ncc(-c2cc([C@H]3C[C@@H]3c3ncc(Cl)cc3F)c3nccn3n2)c(OC)n1. The van der Waals surface area contributed by atoms with Crippen LogP contribution in [0.1, 0.15) is 29.5 Å². The van der Waals surface area contributed by atoms with Gasteiger partial charge in [-0.25, -0.2) is 18.9 Å². The summed E-state index contributed by atoms with van der Waals surface area (Å²) in [4.78, 5) is 17.0. The number of methoxy groups -OCH3 is 2. The molecule has 1 aliphatic rings.